The summed E-state index contributed by atoms with van der Waals surface area (Å²) in [5.74, 6) is -0.619. The summed E-state index contributed by atoms with van der Waals surface area (Å²) in [6.07, 6.45) is 3.48. The van der Waals surface area contributed by atoms with Crippen molar-refractivity contribution in [2.45, 2.75) is 45.6 Å². The zero-order chi connectivity index (χ0) is 12.6. The number of rotatable bonds is 2. The summed E-state index contributed by atoms with van der Waals surface area (Å²) in [4.78, 5) is 24.5. The maximum atomic E-state index is 11.9. The van der Waals surface area contributed by atoms with Crippen LogP contribution in [0.1, 0.15) is 39.5 Å². The van der Waals surface area contributed by atoms with E-state index in [4.69, 9.17) is 0 Å². The quantitative estimate of drug-likeness (QED) is 0.700. The van der Waals surface area contributed by atoms with Gasteiger partial charge in [0.2, 0.25) is 5.91 Å². The Morgan fingerprint density at radius 3 is 2.65 bits per heavy atom. The van der Waals surface area contributed by atoms with E-state index >= 15 is 0 Å². The summed E-state index contributed by atoms with van der Waals surface area (Å²) in [6, 6.07) is 0.232. The van der Waals surface area contributed by atoms with Crippen LogP contribution in [0.25, 0.3) is 0 Å². The molecule has 1 aliphatic carbocycles. The number of amides is 1. The van der Waals surface area contributed by atoms with Crippen molar-refractivity contribution in [2.75, 3.05) is 6.54 Å². The second-order valence-electron chi connectivity index (χ2n) is 5.60. The molecule has 0 unspecified atom stereocenters. The molecular formula is C13H20NO3-. The van der Waals surface area contributed by atoms with Gasteiger partial charge in [0.25, 0.3) is 0 Å². The molecule has 1 saturated carbocycles. The third-order valence-corrected chi connectivity index (χ3v) is 4.56. The molecule has 1 amide bonds. The number of hydrogen-bond donors (Lipinski definition) is 0. The van der Waals surface area contributed by atoms with Crippen LogP contribution in [0, 0.1) is 17.8 Å². The fourth-order valence-electron chi connectivity index (χ4n) is 3.20. The Morgan fingerprint density at radius 1 is 1.35 bits per heavy atom. The van der Waals surface area contributed by atoms with E-state index in [1.54, 1.807) is 4.90 Å². The van der Waals surface area contributed by atoms with Crippen molar-refractivity contribution in [1.82, 2.24) is 4.90 Å². The summed E-state index contributed by atoms with van der Waals surface area (Å²) >= 11 is 0. The lowest BCUT2D eigenvalue weighted by Gasteiger charge is -2.40. The van der Waals surface area contributed by atoms with Gasteiger partial charge >= 0.3 is 0 Å². The molecule has 1 saturated heterocycles. The first-order valence-electron chi connectivity index (χ1n) is 6.51. The smallest absolute Gasteiger partial charge is 0.223 e. The molecule has 0 aromatic rings. The van der Waals surface area contributed by atoms with Crippen LogP contribution in [-0.4, -0.2) is 29.4 Å². The highest BCUT2D eigenvalue weighted by molar-refractivity contribution is 5.85. The molecule has 0 aromatic heterocycles. The maximum absolute atomic E-state index is 11.9. The van der Waals surface area contributed by atoms with E-state index in [1.165, 1.54) is 6.42 Å². The van der Waals surface area contributed by atoms with Gasteiger partial charge in [-0.25, -0.2) is 0 Å². The minimum absolute atomic E-state index is 0.00912. The largest absolute Gasteiger partial charge is 0.550 e. The van der Waals surface area contributed by atoms with Crippen molar-refractivity contribution in [3.8, 4) is 0 Å². The van der Waals surface area contributed by atoms with Gasteiger partial charge in [-0.05, 0) is 18.3 Å². The average Bonchev–Trinajstić information content (AvgIpc) is 2.65. The van der Waals surface area contributed by atoms with Crippen LogP contribution in [0.4, 0.5) is 0 Å². The molecule has 4 atom stereocenters. The number of aliphatic carboxylic acids is 1. The van der Waals surface area contributed by atoms with Crippen LogP contribution < -0.4 is 5.11 Å². The zero-order valence-electron chi connectivity index (χ0n) is 10.5. The van der Waals surface area contributed by atoms with Crippen LogP contribution in [0.3, 0.4) is 0 Å². The molecule has 1 aliphatic heterocycles. The maximum Gasteiger partial charge on any atom is 0.223 e. The van der Waals surface area contributed by atoms with Gasteiger partial charge in [-0.1, -0.05) is 26.7 Å². The number of carbonyl (C=O) groups excluding carboxylic acids is 2. The van der Waals surface area contributed by atoms with Gasteiger partial charge in [-0.15, -0.1) is 0 Å². The Morgan fingerprint density at radius 2 is 2.06 bits per heavy atom. The van der Waals surface area contributed by atoms with E-state index < -0.39 is 11.9 Å². The Kier molecular flexibility index (Phi) is 3.40. The van der Waals surface area contributed by atoms with Gasteiger partial charge in [0.05, 0.1) is 0 Å². The van der Waals surface area contributed by atoms with Crippen molar-refractivity contribution in [2.24, 2.45) is 17.8 Å². The molecule has 4 nitrogen and oxygen atoms in total. The topological polar surface area (TPSA) is 60.4 Å². The fraction of sp³-hybridized carbons (Fsp3) is 0.846. The lowest BCUT2D eigenvalue weighted by molar-refractivity contribution is -0.311. The van der Waals surface area contributed by atoms with E-state index in [1.807, 2.05) is 0 Å². The minimum Gasteiger partial charge on any atom is -0.550 e. The van der Waals surface area contributed by atoms with Gasteiger partial charge in [0, 0.05) is 30.9 Å². The average molecular weight is 238 g/mol. The second-order valence-corrected chi connectivity index (χ2v) is 5.60. The monoisotopic (exact) mass is 238 g/mol. The summed E-state index contributed by atoms with van der Waals surface area (Å²) in [5.41, 5.74) is 0. The summed E-state index contributed by atoms with van der Waals surface area (Å²) in [7, 11) is 0. The lowest BCUT2D eigenvalue weighted by Crippen LogP contribution is -2.45. The molecule has 0 bridgehead atoms. The van der Waals surface area contributed by atoms with Gasteiger partial charge in [-0.3, -0.25) is 4.79 Å². The Bertz CT molecular complexity index is 329. The molecule has 2 aliphatic rings. The number of carboxylic acid groups (broad SMARTS) is 1. The number of likely N-dealkylation sites (tertiary alicyclic amines) is 1. The van der Waals surface area contributed by atoms with E-state index in [2.05, 4.69) is 13.8 Å². The van der Waals surface area contributed by atoms with Crippen molar-refractivity contribution < 1.29 is 14.7 Å². The lowest BCUT2D eigenvalue weighted by atomic mass is 9.77. The van der Waals surface area contributed by atoms with Gasteiger partial charge in [-0.2, -0.15) is 0 Å². The molecule has 2 fully saturated rings. The Labute approximate surface area is 102 Å². The zero-order valence-corrected chi connectivity index (χ0v) is 10.5. The molecule has 1 heterocycles. The van der Waals surface area contributed by atoms with Crippen molar-refractivity contribution in [1.29, 1.82) is 0 Å². The number of carboxylic acids is 1. The molecule has 2 rings (SSSR count). The molecule has 96 valence electrons. The molecule has 0 spiro atoms. The Hall–Kier alpha value is -1.06. The van der Waals surface area contributed by atoms with Gasteiger partial charge < -0.3 is 14.8 Å². The standard InChI is InChI=1S/C13H21NO3/c1-8-4-3-5-11(9(8)2)14-7-10(13(16)17)6-12(14)15/h8-11H,3-7H2,1-2H3,(H,16,17)/p-1/t8-,9-,10+,11+/m0/s1. The molecule has 0 aromatic carbocycles. The molecule has 0 radical (unpaired) electrons. The minimum atomic E-state index is -1.09. The third kappa shape index (κ3) is 2.31. The van der Waals surface area contributed by atoms with E-state index in [0.717, 1.165) is 12.8 Å². The van der Waals surface area contributed by atoms with Crippen LogP contribution in [0.5, 0.6) is 0 Å². The van der Waals surface area contributed by atoms with Crippen LogP contribution in [-0.2, 0) is 9.59 Å². The summed E-state index contributed by atoms with van der Waals surface area (Å²) in [5, 5.41) is 10.8. The summed E-state index contributed by atoms with van der Waals surface area (Å²) < 4.78 is 0. The highest BCUT2D eigenvalue weighted by Gasteiger charge is 2.39. The predicted molar refractivity (Wildman–Crippen MR) is 60.8 cm³/mol. The second kappa shape index (κ2) is 4.67. The molecule has 4 heteroatoms. The summed E-state index contributed by atoms with van der Waals surface area (Å²) in [6.45, 7) is 4.74. The highest BCUT2D eigenvalue weighted by Crippen LogP contribution is 2.35. The van der Waals surface area contributed by atoms with Gasteiger partial charge in [0.15, 0.2) is 0 Å². The Balaban J connectivity index is 2.07. The first kappa shape index (κ1) is 12.4. The van der Waals surface area contributed by atoms with Crippen molar-refractivity contribution >= 4 is 11.9 Å². The van der Waals surface area contributed by atoms with E-state index in [-0.39, 0.29) is 18.4 Å². The molecule has 17 heavy (non-hydrogen) atoms. The first-order chi connectivity index (χ1) is 8.00. The molecular weight excluding hydrogens is 218 g/mol. The number of hydrogen-bond acceptors (Lipinski definition) is 3. The van der Waals surface area contributed by atoms with E-state index in [0.29, 0.717) is 18.4 Å². The number of nitrogens with zero attached hydrogens (tertiary/aromatic N) is 1. The van der Waals surface area contributed by atoms with Crippen LogP contribution in [0.15, 0.2) is 0 Å². The van der Waals surface area contributed by atoms with Crippen LogP contribution in [0.2, 0.25) is 0 Å². The normalized spacial score (nSPS) is 38.5. The van der Waals surface area contributed by atoms with Crippen LogP contribution >= 0.6 is 0 Å². The predicted octanol–water partition coefficient (Wildman–Crippen LogP) is 0.409. The third-order valence-electron chi connectivity index (χ3n) is 4.56. The van der Waals surface area contributed by atoms with Crippen molar-refractivity contribution in [3.05, 3.63) is 0 Å². The van der Waals surface area contributed by atoms with Crippen molar-refractivity contribution in [3.63, 3.8) is 0 Å². The van der Waals surface area contributed by atoms with E-state index in [9.17, 15) is 14.7 Å². The number of carbonyl (C=O) groups is 2. The highest BCUT2D eigenvalue weighted by atomic mass is 16.4. The first-order valence-corrected chi connectivity index (χ1v) is 6.51. The SMILES string of the molecule is C[C@@H]1[C@H](N2C[C@H](C(=O)[O-])CC2=O)CCC[C@@H]1C. The van der Waals surface area contributed by atoms with Gasteiger partial charge in [0.1, 0.15) is 0 Å². The fourth-order valence-corrected chi connectivity index (χ4v) is 3.20. The molecule has 0 N–H and O–H groups in total.